The molecule has 7 atom stereocenters. The first kappa shape index (κ1) is 41.0. The summed E-state index contributed by atoms with van der Waals surface area (Å²) < 4.78 is 41.5. The lowest BCUT2D eigenvalue weighted by Crippen LogP contribution is -2.59. The van der Waals surface area contributed by atoms with Gasteiger partial charge >= 0.3 is 6.09 Å². The number of hydrogen-bond donors (Lipinski definition) is 4. The molecule has 3 fully saturated rings. The molecule has 1 aromatic carbocycles. The maximum Gasteiger partial charge on any atom is 0.405 e. The van der Waals surface area contributed by atoms with Crippen LogP contribution in [0, 0.1) is 17.8 Å². The summed E-state index contributed by atoms with van der Waals surface area (Å²) in [5, 5.41) is 20.5. The van der Waals surface area contributed by atoms with Crippen LogP contribution in [0.3, 0.4) is 0 Å². The van der Waals surface area contributed by atoms with Gasteiger partial charge in [0.05, 0.1) is 29.6 Å². The minimum absolute atomic E-state index is 0.00864. The number of amides is 4. The van der Waals surface area contributed by atoms with Gasteiger partial charge in [-0.05, 0) is 81.4 Å². The highest BCUT2D eigenvalue weighted by Gasteiger charge is 2.63. The fourth-order valence-corrected chi connectivity index (χ4v) is 9.50. The van der Waals surface area contributed by atoms with E-state index in [1.807, 2.05) is 58.2 Å². The van der Waals surface area contributed by atoms with Gasteiger partial charge in [0, 0.05) is 36.1 Å². The number of allylic oxidation sites excluding steroid dienone is 1. The molecule has 58 heavy (non-hydrogen) atoms. The molecule has 1 saturated heterocycles. The molecular weight excluding hydrogens is 767 g/mol. The van der Waals surface area contributed by atoms with Crippen molar-refractivity contribution in [3.05, 3.63) is 54.4 Å². The van der Waals surface area contributed by atoms with Gasteiger partial charge in [-0.2, -0.15) is 5.10 Å². The van der Waals surface area contributed by atoms with Crippen LogP contribution < -0.4 is 24.8 Å². The third kappa shape index (κ3) is 8.09. The van der Waals surface area contributed by atoms with Crippen molar-refractivity contribution in [2.24, 2.45) is 17.8 Å². The zero-order valence-corrected chi connectivity index (χ0v) is 34.5. The summed E-state index contributed by atoms with van der Waals surface area (Å²) in [6.45, 7) is 9.42. The van der Waals surface area contributed by atoms with Crippen LogP contribution in [0.2, 0.25) is 0 Å². The summed E-state index contributed by atoms with van der Waals surface area (Å²) in [5.41, 5.74) is -0.141. The molecular formula is C41H53N7O9S. The van der Waals surface area contributed by atoms with Gasteiger partial charge in [-0.3, -0.25) is 19.1 Å². The Morgan fingerprint density at radius 2 is 1.86 bits per heavy atom. The molecule has 0 radical (unpaired) electrons. The number of aromatic nitrogens is 3. The van der Waals surface area contributed by atoms with E-state index < -0.39 is 74.1 Å². The van der Waals surface area contributed by atoms with E-state index in [-0.39, 0.29) is 31.2 Å². The number of methoxy groups -OCH3 is 1. The van der Waals surface area contributed by atoms with Crippen molar-refractivity contribution < 1.29 is 42.2 Å². The summed E-state index contributed by atoms with van der Waals surface area (Å²) in [4.78, 5) is 61.4. The van der Waals surface area contributed by atoms with E-state index >= 15 is 0 Å². The predicted octanol–water partition coefficient (Wildman–Crippen LogP) is 4.42. The average molecular weight is 820 g/mol. The van der Waals surface area contributed by atoms with Crippen molar-refractivity contribution in [3.63, 3.8) is 0 Å². The van der Waals surface area contributed by atoms with E-state index in [0.717, 1.165) is 12.1 Å². The van der Waals surface area contributed by atoms with Gasteiger partial charge in [-0.1, -0.05) is 39.8 Å². The Morgan fingerprint density at radius 1 is 1.10 bits per heavy atom. The number of nitrogens with one attached hydrogen (secondary N) is 3. The topological polar surface area (TPSA) is 211 Å². The minimum Gasteiger partial charge on any atom is -0.497 e. The van der Waals surface area contributed by atoms with E-state index in [0.29, 0.717) is 53.9 Å². The maximum atomic E-state index is 14.6. The van der Waals surface area contributed by atoms with Crippen LogP contribution in [0.4, 0.5) is 4.79 Å². The first-order valence-corrected chi connectivity index (χ1v) is 21.5. The standard InChI is InChI=1S/C41H53N7O9S/c1-23(2)30-13-16-48(45-30)34-20-33(29-12-11-27(56-6)18-31(29)42-34)57-28-19-32-36(49)44-41(38(51)46-58(54,55)40(5)14-15-40)21-26(41)10-8-7-9-24(3)17-25(4)35(43-39(52)53)37(50)47(32)22-28/h8,10-13,16,18,20,23-26,28,32,35,43H,7,9,14-15,17,19,21-22H2,1-6H3,(H,44,49)(H,46,51)(H,52,53)/b10-8-/t24-,25-,26-,28-,32+,35+,41-/m1/s1. The molecule has 16 nitrogen and oxygen atoms in total. The molecule has 0 bridgehead atoms. The first-order chi connectivity index (χ1) is 27.4. The Kier molecular flexibility index (Phi) is 11.0. The SMILES string of the molecule is COc1ccc2c(O[C@@H]3C[C@H]4C(=O)N[C@]5(C(=O)NS(=O)(=O)C6(C)CC6)C[C@H]5/C=C\CC[C@@H](C)C[C@@H](C)[C@H](NC(=O)O)C(=O)N4C3)cc(-n3ccc(C(C)C)n3)nc2c1. The molecule has 0 spiro atoms. The fraction of sp³-hybridized carbons (Fsp3) is 0.561. The van der Waals surface area contributed by atoms with Gasteiger partial charge in [0.25, 0.3) is 5.91 Å². The van der Waals surface area contributed by atoms with Crippen LogP contribution in [0.1, 0.15) is 91.2 Å². The molecule has 4 N–H and O–H groups in total. The lowest BCUT2D eigenvalue weighted by molar-refractivity contribution is -0.142. The van der Waals surface area contributed by atoms with Crippen molar-refractivity contribution in [2.75, 3.05) is 13.7 Å². The molecule has 312 valence electrons. The number of carboxylic acid groups (broad SMARTS) is 1. The monoisotopic (exact) mass is 819 g/mol. The van der Waals surface area contributed by atoms with Crippen molar-refractivity contribution in [1.29, 1.82) is 0 Å². The minimum atomic E-state index is -4.02. The summed E-state index contributed by atoms with van der Waals surface area (Å²) in [5.74, 6) is -1.27. The first-order valence-electron chi connectivity index (χ1n) is 20.0. The lowest BCUT2D eigenvalue weighted by Gasteiger charge is -2.32. The quantitative estimate of drug-likeness (QED) is 0.222. The number of ether oxygens (including phenoxy) is 2. The zero-order chi connectivity index (χ0) is 41.7. The molecule has 4 heterocycles. The highest BCUT2D eigenvalue weighted by Crippen LogP contribution is 2.47. The number of carbonyl (C=O) groups excluding carboxylic acids is 3. The highest BCUT2D eigenvalue weighted by atomic mass is 32.2. The van der Waals surface area contributed by atoms with Gasteiger partial charge in [0.2, 0.25) is 21.8 Å². The smallest absolute Gasteiger partial charge is 0.405 e. The van der Waals surface area contributed by atoms with Crippen molar-refractivity contribution in [2.45, 2.75) is 114 Å². The molecule has 2 aromatic heterocycles. The maximum absolute atomic E-state index is 14.6. The molecule has 2 saturated carbocycles. The zero-order valence-electron chi connectivity index (χ0n) is 33.7. The van der Waals surface area contributed by atoms with Crippen LogP contribution >= 0.6 is 0 Å². The molecule has 2 aliphatic carbocycles. The molecule has 0 unspecified atom stereocenters. The molecule has 4 amide bonds. The van der Waals surface area contributed by atoms with E-state index in [1.165, 1.54) is 4.90 Å². The van der Waals surface area contributed by atoms with E-state index in [1.54, 1.807) is 36.9 Å². The Labute approximate surface area is 338 Å². The molecule has 4 aliphatic rings. The number of fused-ring (bicyclic) bond motifs is 3. The van der Waals surface area contributed by atoms with E-state index in [2.05, 4.69) is 15.4 Å². The van der Waals surface area contributed by atoms with Gasteiger partial charge in [0.15, 0.2) is 5.82 Å². The number of hydrogen-bond acceptors (Lipinski definition) is 10. The van der Waals surface area contributed by atoms with Crippen LogP contribution in [-0.4, -0.2) is 99.1 Å². The van der Waals surface area contributed by atoms with Crippen LogP contribution in [0.5, 0.6) is 11.5 Å². The highest BCUT2D eigenvalue weighted by molar-refractivity contribution is 7.91. The van der Waals surface area contributed by atoms with Crippen molar-refractivity contribution >= 4 is 44.7 Å². The number of pyridine rings is 1. The van der Waals surface area contributed by atoms with Crippen LogP contribution in [0.15, 0.2) is 48.7 Å². The summed E-state index contributed by atoms with van der Waals surface area (Å²) in [6.07, 6.45) is 6.36. The molecule has 17 heteroatoms. The number of rotatable bonds is 9. The second-order valence-electron chi connectivity index (χ2n) is 17.1. The largest absolute Gasteiger partial charge is 0.497 e. The molecule has 2 aliphatic heterocycles. The van der Waals surface area contributed by atoms with Crippen molar-refractivity contribution in [1.82, 2.24) is 35.0 Å². The van der Waals surface area contributed by atoms with Gasteiger partial charge < -0.3 is 30.1 Å². The Bertz CT molecular complexity index is 2250. The van der Waals surface area contributed by atoms with Gasteiger partial charge in [0.1, 0.15) is 35.2 Å². The lowest BCUT2D eigenvalue weighted by atomic mass is 9.88. The van der Waals surface area contributed by atoms with Gasteiger partial charge in [-0.25, -0.2) is 22.9 Å². The summed E-state index contributed by atoms with van der Waals surface area (Å²) in [6, 6.07) is 6.63. The van der Waals surface area contributed by atoms with E-state index in [4.69, 9.17) is 19.6 Å². The summed E-state index contributed by atoms with van der Waals surface area (Å²) >= 11 is 0. The fourth-order valence-electron chi connectivity index (χ4n) is 8.19. The normalized spacial score (nSPS) is 29.0. The Balaban J connectivity index is 1.25. The van der Waals surface area contributed by atoms with E-state index in [9.17, 15) is 32.7 Å². The Hall–Kier alpha value is -5.19. The van der Waals surface area contributed by atoms with Gasteiger partial charge in [-0.15, -0.1) is 0 Å². The second-order valence-corrected chi connectivity index (χ2v) is 19.3. The number of benzene rings is 1. The third-order valence-electron chi connectivity index (χ3n) is 12.2. The molecule has 7 rings (SSSR count). The second kappa shape index (κ2) is 15.5. The Morgan fingerprint density at radius 3 is 2.53 bits per heavy atom. The molecule has 3 aromatic rings. The average Bonchev–Trinajstić information content (AvgIpc) is 3.94. The third-order valence-corrected chi connectivity index (χ3v) is 14.4. The summed E-state index contributed by atoms with van der Waals surface area (Å²) in [7, 11) is -2.47. The number of nitrogens with zero attached hydrogens (tertiary/aromatic N) is 4. The van der Waals surface area contributed by atoms with Crippen LogP contribution in [0.25, 0.3) is 16.7 Å². The van der Waals surface area contributed by atoms with Crippen molar-refractivity contribution in [3.8, 4) is 17.3 Å². The number of sulfonamides is 1. The van der Waals surface area contributed by atoms with Crippen LogP contribution in [-0.2, 0) is 24.4 Å². The number of carbonyl (C=O) groups is 4. The predicted molar refractivity (Wildman–Crippen MR) is 214 cm³/mol.